The minimum atomic E-state index is -0.826. The molecule has 0 atom stereocenters. The molecule has 0 radical (unpaired) electrons. The minimum Gasteiger partial charge on any atom is -0.324 e. The molecule has 23 heavy (non-hydrogen) atoms. The molecule has 116 valence electrons. The van der Waals surface area contributed by atoms with Crippen molar-refractivity contribution >= 4 is 17.3 Å². The predicted molar refractivity (Wildman–Crippen MR) is 77.1 cm³/mol. The molecule has 0 aliphatic heterocycles. The Balaban J connectivity index is 2.27. The van der Waals surface area contributed by atoms with E-state index in [2.05, 4.69) is 5.32 Å². The van der Waals surface area contributed by atoms with E-state index < -0.39 is 40.0 Å². The molecule has 0 unspecified atom stereocenters. The number of hydrogen-bond acceptors (Lipinski definition) is 5. The van der Waals surface area contributed by atoms with Crippen LogP contribution in [0.2, 0.25) is 0 Å². The fourth-order valence-electron chi connectivity index (χ4n) is 1.84. The average Bonchev–Trinajstić information content (AvgIpc) is 2.49. The molecule has 0 saturated carbocycles. The van der Waals surface area contributed by atoms with Gasteiger partial charge in [-0.2, -0.15) is 5.26 Å². The van der Waals surface area contributed by atoms with Gasteiger partial charge in [0.25, 0.3) is 11.2 Å². The number of hydrogen-bond donors (Lipinski definition) is 1. The summed E-state index contributed by atoms with van der Waals surface area (Å²) in [7, 11) is 0. The highest BCUT2D eigenvalue weighted by Gasteiger charge is 2.15. The fourth-order valence-corrected chi connectivity index (χ4v) is 1.84. The van der Waals surface area contributed by atoms with Gasteiger partial charge in [0.05, 0.1) is 11.1 Å². The second kappa shape index (κ2) is 6.48. The number of nitrogens with zero attached hydrogens (tertiary/aromatic N) is 3. The van der Waals surface area contributed by atoms with Gasteiger partial charge in [-0.15, -0.1) is 0 Å². The molecule has 0 saturated heterocycles. The molecule has 1 aromatic carbocycles. The van der Waals surface area contributed by atoms with Crippen LogP contribution in [0.3, 0.4) is 0 Å². The summed E-state index contributed by atoms with van der Waals surface area (Å²) < 4.78 is 13.8. The molecule has 9 heteroatoms. The molecule has 0 spiro atoms. The second-order valence-corrected chi connectivity index (χ2v) is 4.47. The van der Waals surface area contributed by atoms with Gasteiger partial charge in [0, 0.05) is 11.8 Å². The molecule has 1 heterocycles. The Labute approximate surface area is 128 Å². The zero-order valence-electron chi connectivity index (χ0n) is 11.5. The van der Waals surface area contributed by atoms with Crippen LogP contribution >= 0.6 is 0 Å². The minimum absolute atomic E-state index is 0.175. The Morgan fingerprint density at radius 3 is 2.78 bits per heavy atom. The number of nitriles is 1. The maximum atomic E-state index is 13.0. The Morgan fingerprint density at radius 2 is 2.17 bits per heavy atom. The van der Waals surface area contributed by atoms with Crippen LogP contribution in [-0.2, 0) is 11.3 Å². The standard InChI is InChI=1S/C14H9FN4O4/c15-10-2-1-3-11(5-10)17-13(20)8-18-7-12(19(22)23)4-9(6-16)14(18)21/h1-5,7H,8H2,(H,17,20). The number of aromatic nitrogens is 1. The van der Waals surface area contributed by atoms with E-state index in [4.69, 9.17) is 5.26 Å². The van der Waals surface area contributed by atoms with Crippen molar-refractivity contribution in [2.24, 2.45) is 0 Å². The summed E-state index contributed by atoms with van der Waals surface area (Å²) in [6, 6.07) is 7.48. The van der Waals surface area contributed by atoms with Crippen molar-refractivity contribution in [3.05, 3.63) is 68.4 Å². The lowest BCUT2D eigenvalue weighted by Crippen LogP contribution is -2.29. The van der Waals surface area contributed by atoms with E-state index in [0.717, 1.165) is 22.9 Å². The molecule has 8 nitrogen and oxygen atoms in total. The van der Waals surface area contributed by atoms with Crippen LogP contribution in [-0.4, -0.2) is 15.4 Å². The van der Waals surface area contributed by atoms with Crippen molar-refractivity contribution in [2.45, 2.75) is 6.54 Å². The number of nitro groups is 1. The number of benzene rings is 1. The van der Waals surface area contributed by atoms with Crippen LogP contribution in [0.25, 0.3) is 0 Å². The van der Waals surface area contributed by atoms with E-state index in [1.165, 1.54) is 18.2 Å². The van der Waals surface area contributed by atoms with E-state index in [-0.39, 0.29) is 5.69 Å². The highest BCUT2D eigenvalue weighted by molar-refractivity contribution is 5.90. The van der Waals surface area contributed by atoms with E-state index in [9.17, 15) is 24.1 Å². The number of nitrogens with one attached hydrogen (secondary N) is 1. The summed E-state index contributed by atoms with van der Waals surface area (Å²) in [6.45, 7) is -0.550. The van der Waals surface area contributed by atoms with E-state index >= 15 is 0 Å². The van der Waals surface area contributed by atoms with Gasteiger partial charge in [0.2, 0.25) is 5.91 Å². The van der Waals surface area contributed by atoms with Gasteiger partial charge in [0.15, 0.2) is 0 Å². The summed E-state index contributed by atoms with van der Waals surface area (Å²) in [4.78, 5) is 33.8. The lowest BCUT2D eigenvalue weighted by atomic mass is 10.2. The first-order valence-corrected chi connectivity index (χ1v) is 6.25. The topological polar surface area (TPSA) is 118 Å². The van der Waals surface area contributed by atoms with Crippen molar-refractivity contribution in [1.29, 1.82) is 5.26 Å². The van der Waals surface area contributed by atoms with Crippen LogP contribution in [0, 0.1) is 27.3 Å². The quantitative estimate of drug-likeness (QED) is 0.675. The summed E-state index contributed by atoms with van der Waals surface area (Å²) in [5.74, 6) is -1.25. The molecule has 1 aromatic heterocycles. The van der Waals surface area contributed by atoms with Crippen molar-refractivity contribution in [1.82, 2.24) is 4.57 Å². The predicted octanol–water partition coefficient (Wildman–Crippen LogP) is 1.41. The Morgan fingerprint density at radius 1 is 1.43 bits per heavy atom. The summed E-state index contributed by atoms with van der Waals surface area (Å²) in [5.41, 5.74) is -1.58. The molecular weight excluding hydrogens is 307 g/mol. The fraction of sp³-hybridized carbons (Fsp3) is 0.0714. The van der Waals surface area contributed by atoms with Gasteiger partial charge < -0.3 is 5.32 Å². The molecule has 2 rings (SSSR count). The largest absolute Gasteiger partial charge is 0.324 e. The van der Waals surface area contributed by atoms with Crippen LogP contribution in [0.5, 0.6) is 0 Å². The van der Waals surface area contributed by atoms with Crippen molar-refractivity contribution in [3.8, 4) is 6.07 Å². The maximum Gasteiger partial charge on any atom is 0.287 e. The van der Waals surface area contributed by atoms with Crippen molar-refractivity contribution in [3.63, 3.8) is 0 Å². The molecular formula is C14H9FN4O4. The van der Waals surface area contributed by atoms with Crippen molar-refractivity contribution in [2.75, 3.05) is 5.32 Å². The molecule has 1 N–H and O–H groups in total. The molecule has 1 amide bonds. The number of anilines is 1. The maximum absolute atomic E-state index is 13.0. The number of carbonyl (C=O) groups is 1. The third kappa shape index (κ3) is 3.76. The zero-order valence-corrected chi connectivity index (χ0v) is 11.5. The highest BCUT2D eigenvalue weighted by atomic mass is 19.1. The van der Waals surface area contributed by atoms with Crippen LogP contribution in [0.15, 0.2) is 41.3 Å². The second-order valence-electron chi connectivity index (χ2n) is 4.47. The number of amides is 1. The summed E-state index contributed by atoms with van der Waals surface area (Å²) >= 11 is 0. The van der Waals surface area contributed by atoms with Gasteiger partial charge in [-0.25, -0.2) is 4.39 Å². The zero-order chi connectivity index (χ0) is 17.0. The molecule has 0 aliphatic rings. The van der Waals surface area contributed by atoms with E-state index in [1.54, 1.807) is 6.07 Å². The molecule has 2 aromatic rings. The number of pyridine rings is 1. The van der Waals surface area contributed by atoms with Crippen molar-refractivity contribution < 1.29 is 14.1 Å². The highest BCUT2D eigenvalue weighted by Crippen LogP contribution is 2.11. The smallest absolute Gasteiger partial charge is 0.287 e. The van der Waals surface area contributed by atoms with Gasteiger partial charge >= 0.3 is 0 Å². The SMILES string of the molecule is N#Cc1cc([N+](=O)[O-])cn(CC(=O)Nc2cccc(F)c2)c1=O. The average molecular weight is 316 g/mol. The monoisotopic (exact) mass is 316 g/mol. The number of carbonyl (C=O) groups excluding carboxylic acids is 1. The molecule has 0 aliphatic carbocycles. The number of rotatable bonds is 4. The molecule has 0 bridgehead atoms. The third-order valence-electron chi connectivity index (χ3n) is 2.83. The summed E-state index contributed by atoms with van der Waals surface area (Å²) in [5, 5.41) is 22.0. The number of halogens is 1. The van der Waals surface area contributed by atoms with Gasteiger partial charge in [-0.05, 0) is 18.2 Å². The van der Waals surface area contributed by atoms with Gasteiger partial charge in [-0.1, -0.05) is 6.07 Å². The lowest BCUT2D eigenvalue weighted by Gasteiger charge is -2.08. The normalized spacial score (nSPS) is 9.91. The van der Waals surface area contributed by atoms with E-state index in [0.29, 0.717) is 0 Å². The lowest BCUT2D eigenvalue weighted by molar-refractivity contribution is -0.385. The van der Waals surface area contributed by atoms with Crippen LogP contribution in [0.4, 0.5) is 15.8 Å². The van der Waals surface area contributed by atoms with Gasteiger partial charge in [-0.3, -0.25) is 24.3 Å². The first kappa shape index (κ1) is 15.8. The molecule has 0 fully saturated rings. The first-order chi connectivity index (χ1) is 10.9. The van der Waals surface area contributed by atoms with Crippen LogP contribution < -0.4 is 10.9 Å². The summed E-state index contributed by atoms with van der Waals surface area (Å²) in [6.07, 6.45) is 0.869. The Hall–Kier alpha value is -3.54. The Kier molecular flexibility index (Phi) is 4.47. The van der Waals surface area contributed by atoms with Gasteiger partial charge in [0.1, 0.15) is 24.0 Å². The third-order valence-corrected chi connectivity index (χ3v) is 2.83. The van der Waals surface area contributed by atoms with E-state index in [1.807, 2.05) is 0 Å². The van der Waals surface area contributed by atoms with Crippen LogP contribution in [0.1, 0.15) is 5.56 Å². The first-order valence-electron chi connectivity index (χ1n) is 6.25. The Bertz CT molecular complexity index is 885.